The van der Waals surface area contributed by atoms with Crippen LogP contribution >= 0.6 is 11.3 Å². The van der Waals surface area contributed by atoms with E-state index in [0.717, 1.165) is 52.3 Å². The smallest absolute Gasteiger partial charge is 0.317 e. The van der Waals surface area contributed by atoms with E-state index >= 15 is 0 Å². The second kappa shape index (κ2) is 11.4. The molecule has 0 unspecified atom stereocenters. The first-order chi connectivity index (χ1) is 18.4. The molecule has 0 saturated carbocycles. The van der Waals surface area contributed by atoms with Crippen molar-refractivity contribution in [1.82, 2.24) is 15.5 Å². The molecule has 4 heterocycles. The number of anilines is 1. The number of fused-ring (bicyclic) bond motifs is 1. The fourth-order valence-corrected chi connectivity index (χ4v) is 6.48. The Labute approximate surface area is 226 Å². The highest BCUT2D eigenvalue weighted by atomic mass is 32.1. The molecule has 3 N–H and O–H groups in total. The van der Waals surface area contributed by atoms with Crippen molar-refractivity contribution in [2.24, 2.45) is 0 Å². The van der Waals surface area contributed by atoms with E-state index in [1.54, 1.807) is 18.0 Å². The Morgan fingerprint density at radius 3 is 2.66 bits per heavy atom. The third-order valence-corrected chi connectivity index (χ3v) is 8.65. The summed E-state index contributed by atoms with van der Waals surface area (Å²) in [5.41, 5.74) is 3.93. The number of rotatable bonds is 5. The molecule has 0 atom stereocenters. The summed E-state index contributed by atoms with van der Waals surface area (Å²) in [5, 5.41) is 15.6. The SMILES string of the molecule is CNC(=O)N1CCC(NC2CCOCC2)=C(C(=N)N2CCCc3cc(-c4ccc(C)s4)c(C(F)F)cc32)C1. The van der Waals surface area contributed by atoms with Gasteiger partial charge in [0.05, 0.1) is 6.54 Å². The van der Waals surface area contributed by atoms with Gasteiger partial charge in [-0.2, -0.15) is 0 Å². The van der Waals surface area contributed by atoms with Crippen molar-refractivity contribution < 1.29 is 18.3 Å². The maximum Gasteiger partial charge on any atom is 0.317 e. The number of hydrogen-bond acceptors (Lipinski definition) is 5. The van der Waals surface area contributed by atoms with E-state index in [-0.39, 0.29) is 23.5 Å². The fourth-order valence-electron chi connectivity index (χ4n) is 5.58. The standard InChI is InChI=1S/C28H35F2N5O2S/c1-17-5-6-25(38-17)20-14-18-4-3-10-35(24(18)15-21(20)26(29)30)27(31)22-16-34(28(36)32-2)11-7-23(22)33-19-8-12-37-13-9-19/h5-6,14-15,19,26,31,33H,3-4,7-13,16H2,1-2H3,(H,32,36). The Morgan fingerprint density at radius 1 is 1.18 bits per heavy atom. The van der Waals surface area contributed by atoms with Gasteiger partial charge in [0.1, 0.15) is 5.84 Å². The molecule has 3 aliphatic heterocycles. The first-order valence-corrected chi connectivity index (χ1v) is 14.1. The molecular formula is C28H35F2N5O2S. The summed E-state index contributed by atoms with van der Waals surface area (Å²) < 4.78 is 34.2. The molecule has 7 nitrogen and oxygen atoms in total. The third kappa shape index (κ3) is 5.42. The average molecular weight is 544 g/mol. The molecule has 38 heavy (non-hydrogen) atoms. The van der Waals surface area contributed by atoms with Crippen molar-refractivity contribution in [2.75, 3.05) is 44.8 Å². The minimum absolute atomic E-state index is 0.00420. The normalized spacial score (nSPS) is 18.6. The molecule has 0 bridgehead atoms. The Hall–Kier alpha value is -2.98. The van der Waals surface area contributed by atoms with Crippen LogP contribution in [0.15, 0.2) is 35.5 Å². The highest BCUT2D eigenvalue weighted by molar-refractivity contribution is 7.15. The number of halogens is 2. The van der Waals surface area contributed by atoms with Gasteiger partial charge in [-0.15, -0.1) is 11.3 Å². The lowest BCUT2D eigenvalue weighted by Crippen LogP contribution is -2.48. The van der Waals surface area contributed by atoms with Gasteiger partial charge in [-0.05, 0) is 62.4 Å². The van der Waals surface area contributed by atoms with Crippen LogP contribution in [0.25, 0.3) is 10.4 Å². The minimum Gasteiger partial charge on any atom is -0.385 e. The molecular weight excluding hydrogens is 508 g/mol. The lowest BCUT2D eigenvalue weighted by Gasteiger charge is -2.38. The summed E-state index contributed by atoms with van der Waals surface area (Å²) >= 11 is 1.52. The van der Waals surface area contributed by atoms with Gasteiger partial charge in [0, 0.05) is 83.7 Å². The molecule has 1 aromatic heterocycles. The number of amides is 2. The van der Waals surface area contributed by atoms with Crippen LogP contribution in [0.2, 0.25) is 0 Å². The first-order valence-electron chi connectivity index (χ1n) is 13.3. The van der Waals surface area contributed by atoms with Gasteiger partial charge in [-0.3, -0.25) is 5.41 Å². The van der Waals surface area contributed by atoms with E-state index < -0.39 is 6.43 Å². The van der Waals surface area contributed by atoms with Crippen molar-refractivity contribution in [3.05, 3.63) is 51.5 Å². The van der Waals surface area contributed by atoms with Crippen LogP contribution < -0.4 is 15.5 Å². The number of thiophene rings is 1. The molecule has 204 valence electrons. The zero-order valence-corrected chi connectivity index (χ0v) is 22.7. The lowest BCUT2D eigenvalue weighted by molar-refractivity contribution is 0.0798. The van der Waals surface area contributed by atoms with E-state index in [4.69, 9.17) is 4.74 Å². The molecule has 0 spiro atoms. The molecule has 2 aromatic rings. The van der Waals surface area contributed by atoms with Crippen LogP contribution in [0.5, 0.6) is 0 Å². The number of ether oxygens (including phenoxy) is 1. The number of carbonyl (C=O) groups excluding carboxylic acids is 1. The van der Waals surface area contributed by atoms with Crippen molar-refractivity contribution >= 4 is 28.9 Å². The van der Waals surface area contributed by atoms with E-state index in [1.165, 1.54) is 11.3 Å². The monoisotopic (exact) mass is 543 g/mol. The van der Waals surface area contributed by atoms with Gasteiger partial charge in [-0.25, -0.2) is 13.6 Å². The summed E-state index contributed by atoms with van der Waals surface area (Å²) in [6.07, 6.45) is 1.36. The van der Waals surface area contributed by atoms with Crippen molar-refractivity contribution in [1.29, 1.82) is 5.41 Å². The van der Waals surface area contributed by atoms with E-state index in [2.05, 4.69) is 10.6 Å². The predicted molar refractivity (Wildman–Crippen MR) is 147 cm³/mol. The summed E-state index contributed by atoms with van der Waals surface area (Å²) in [4.78, 5) is 18.0. The van der Waals surface area contributed by atoms with Crippen LogP contribution in [0, 0.1) is 12.3 Å². The summed E-state index contributed by atoms with van der Waals surface area (Å²) in [6.45, 7) is 4.79. The van der Waals surface area contributed by atoms with Gasteiger partial charge in [0.2, 0.25) is 0 Å². The molecule has 0 radical (unpaired) electrons. The minimum atomic E-state index is -2.63. The third-order valence-electron chi connectivity index (χ3n) is 7.61. The highest BCUT2D eigenvalue weighted by Crippen LogP contribution is 2.41. The highest BCUT2D eigenvalue weighted by Gasteiger charge is 2.32. The Bertz CT molecular complexity index is 1240. The molecule has 2 amide bonds. The van der Waals surface area contributed by atoms with E-state index in [1.807, 2.05) is 30.0 Å². The summed E-state index contributed by atoms with van der Waals surface area (Å²) in [6, 6.07) is 7.42. The maximum atomic E-state index is 14.3. The number of alkyl halides is 2. The number of urea groups is 1. The Balaban J connectivity index is 1.51. The maximum absolute atomic E-state index is 14.3. The van der Waals surface area contributed by atoms with Crippen LogP contribution in [-0.2, 0) is 11.2 Å². The first kappa shape index (κ1) is 26.6. The Morgan fingerprint density at radius 2 is 1.97 bits per heavy atom. The predicted octanol–water partition coefficient (Wildman–Crippen LogP) is 5.46. The molecule has 0 aliphatic carbocycles. The summed E-state index contributed by atoms with van der Waals surface area (Å²) in [5.74, 6) is 0.272. The average Bonchev–Trinajstić information content (AvgIpc) is 3.38. The largest absolute Gasteiger partial charge is 0.385 e. The topological polar surface area (TPSA) is 80.7 Å². The molecule has 10 heteroatoms. The number of aryl methyl sites for hydroxylation is 2. The van der Waals surface area contributed by atoms with Gasteiger partial charge >= 0.3 is 6.03 Å². The van der Waals surface area contributed by atoms with Gasteiger partial charge in [0.15, 0.2) is 0 Å². The van der Waals surface area contributed by atoms with Crippen LogP contribution in [-0.4, -0.2) is 62.7 Å². The number of nitrogens with zero attached hydrogens (tertiary/aromatic N) is 2. The lowest BCUT2D eigenvalue weighted by atomic mass is 9.93. The molecule has 3 aliphatic rings. The molecule has 1 fully saturated rings. The van der Waals surface area contributed by atoms with Crippen LogP contribution in [0.4, 0.5) is 19.3 Å². The zero-order chi connectivity index (χ0) is 26.8. The molecule has 1 saturated heterocycles. The fraction of sp³-hybridized carbons (Fsp3) is 0.500. The van der Waals surface area contributed by atoms with Gasteiger partial charge < -0.3 is 25.2 Å². The number of amidine groups is 1. The molecule has 1 aromatic carbocycles. The van der Waals surface area contributed by atoms with E-state index in [9.17, 15) is 19.0 Å². The number of nitrogens with one attached hydrogen (secondary N) is 3. The van der Waals surface area contributed by atoms with E-state index in [0.29, 0.717) is 50.5 Å². The zero-order valence-electron chi connectivity index (χ0n) is 21.9. The van der Waals surface area contributed by atoms with Crippen molar-refractivity contribution in [2.45, 2.75) is 51.5 Å². The molecule has 5 rings (SSSR count). The van der Waals surface area contributed by atoms with Crippen molar-refractivity contribution in [3.63, 3.8) is 0 Å². The number of benzene rings is 1. The van der Waals surface area contributed by atoms with Gasteiger partial charge in [0.25, 0.3) is 6.43 Å². The number of hydrogen-bond donors (Lipinski definition) is 3. The van der Waals surface area contributed by atoms with Gasteiger partial charge in [-0.1, -0.05) is 0 Å². The van der Waals surface area contributed by atoms with Crippen LogP contribution in [0.1, 0.15) is 48.1 Å². The van der Waals surface area contributed by atoms with Crippen molar-refractivity contribution in [3.8, 4) is 10.4 Å². The second-order valence-electron chi connectivity index (χ2n) is 10.1. The Kier molecular flexibility index (Phi) is 7.99. The quantitative estimate of drug-likeness (QED) is 0.346. The number of carbonyl (C=O) groups is 1. The van der Waals surface area contributed by atoms with Crippen LogP contribution in [0.3, 0.4) is 0 Å². The second-order valence-corrected chi connectivity index (χ2v) is 11.4. The summed E-state index contributed by atoms with van der Waals surface area (Å²) in [7, 11) is 1.60.